The van der Waals surface area contributed by atoms with Crippen molar-refractivity contribution in [2.75, 3.05) is 7.11 Å². The first-order valence-electron chi connectivity index (χ1n) is 12.1. The molecule has 1 aliphatic carbocycles. The Kier molecular flexibility index (Phi) is 7.76. The molecule has 0 bridgehead atoms. The van der Waals surface area contributed by atoms with Crippen LogP contribution < -0.4 is 5.32 Å². The highest BCUT2D eigenvalue weighted by Gasteiger charge is 2.39. The van der Waals surface area contributed by atoms with Crippen LogP contribution >= 0.6 is 22.9 Å². The molecule has 2 aliphatic rings. The molecule has 1 unspecified atom stereocenters. The van der Waals surface area contributed by atoms with Crippen LogP contribution in [0.3, 0.4) is 0 Å². The Morgan fingerprint density at radius 1 is 1.23 bits per heavy atom. The molecule has 13 heteroatoms. The number of carboxylic acid groups (broad SMARTS) is 1. The monoisotopic (exact) mass is 576 g/mol. The summed E-state index contributed by atoms with van der Waals surface area (Å²) < 4.78 is 39.0. The third-order valence-electron chi connectivity index (χ3n) is 6.86. The number of oxazole rings is 1. The lowest BCUT2D eigenvalue weighted by Crippen LogP contribution is -2.37. The van der Waals surface area contributed by atoms with Crippen LogP contribution in [0.4, 0.5) is 8.78 Å². The zero-order valence-electron chi connectivity index (χ0n) is 20.6. The average molecular weight is 577 g/mol. The fraction of sp³-hybridized carbons (Fsp3) is 0.346. The number of carbonyl (C=O) groups is 2. The summed E-state index contributed by atoms with van der Waals surface area (Å²) in [6, 6.07) is 1.21. The summed E-state index contributed by atoms with van der Waals surface area (Å²) >= 11 is 7.56. The molecule has 1 aromatic carbocycles. The normalized spacial score (nSPS) is 21.3. The minimum atomic E-state index is -1.22. The van der Waals surface area contributed by atoms with Crippen LogP contribution in [0.5, 0.6) is 0 Å². The highest BCUT2D eigenvalue weighted by atomic mass is 35.5. The third-order valence-corrected chi connectivity index (χ3v) is 8.03. The summed E-state index contributed by atoms with van der Waals surface area (Å²) in [6.45, 7) is 0. The molecular formula is C26H23ClF2N4O5S. The van der Waals surface area contributed by atoms with Gasteiger partial charge in [-0.3, -0.25) is 9.79 Å². The first-order chi connectivity index (χ1) is 18.8. The molecule has 0 radical (unpaired) electrons. The van der Waals surface area contributed by atoms with Crippen LogP contribution in [0, 0.1) is 17.6 Å². The van der Waals surface area contributed by atoms with E-state index >= 15 is 0 Å². The number of aliphatic carboxylic acids is 1. The zero-order chi connectivity index (χ0) is 27.7. The first-order valence-corrected chi connectivity index (χ1v) is 13.4. The van der Waals surface area contributed by atoms with Crippen molar-refractivity contribution >= 4 is 40.7 Å². The molecule has 1 atom stereocenters. The number of aliphatic imine (C=N–C) groups is 1. The second-order valence-corrected chi connectivity index (χ2v) is 10.5. The van der Waals surface area contributed by atoms with Gasteiger partial charge in [0.05, 0.1) is 29.8 Å². The number of thiazole rings is 1. The van der Waals surface area contributed by atoms with Crippen molar-refractivity contribution < 1.29 is 32.6 Å². The smallest absolute Gasteiger partial charge is 0.338 e. The molecule has 3 heterocycles. The number of nitrogens with one attached hydrogen (secondary N) is 1. The zero-order valence-corrected chi connectivity index (χ0v) is 22.2. The van der Waals surface area contributed by atoms with Gasteiger partial charge in [0.15, 0.2) is 28.4 Å². The van der Waals surface area contributed by atoms with E-state index < -0.39 is 34.6 Å². The minimum Gasteiger partial charge on any atom is -0.481 e. The number of amidine groups is 1. The van der Waals surface area contributed by atoms with Crippen LogP contribution in [-0.2, 0) is 20.7 Å². The predicted molar refractivity (Wildman–Crippen MR) is 137 cm³/mol. The summed E-state index contributed by atoms with van der Waals surface area (Å²) in [4.78, 5) is 37.5. The maximum absolute atomic E-state index is 14.5. The van der Waals surface area contributed by atoms with Crippen molar-refractivity contribution in [3.05, 3.63) is 80.1 Å². The van der Waals surface area contributed by atoms with Crippen LogP contribution in [0.25, 0.3) is 0 Å². The van der Waals surface area contributed by atoms with E-state index in [0.29, 0.717) is 53.8 Å². The number of nitrogens with zero attached hydrogens (tertiary/aromatic N) is 3. The maximum Gasteiger partial charge on any atom is 0.338 e. The highest BCUT2D eigenvalue weighted by Crippen LogP contribution is 2.44. The number of hydrogen-bond acceptors (Lipinski definition) is 9. The lowest BCUT2D eigenvalue weighted by Gasteiger charge is -2.34. The molecule has 3 aromatic rings. The van der Waals surface area contributed by atoms with Crippen molar-refractivity contribution in [1.29, 1.82) is 0 Å². The molecule has 5 rings (SSSR count). The summed E-state index contributed by atoms with van der Waals surface area (Å²) in [5.74, 6) is -3.28. The fourth-order valence-corrected chi connectivity index (χ4v) is 5.87. The van der Waals surface area contributed by atoms with E-state index in [-0.39, 0.29) is 29.4 Å². The van der Waals surface area contributed by atoms with Gasteiger partial charge < -0.3 is 19.6 Å². The number of allylic oxidation sites excluding steroid dienone is 1. The van der Waals surface area contributed by atoms with Gasteiger partial charge in [0.2, 0.25) is 0 Å². The van der Waals surface area contributed by atoms with Gasteiger partial charge in [0.1, 0.15) is 12.3 Å². The Balaban J connectivity index is 1.50. The van der Waals surface area contributed by atoms with E-state index in [2.05, 4.69) is 20.3 Å². The number of ether oxygens (including phenoxy) is 1. The quantitative estimate of drug-likeness (QED) is 0.291. The Labute approximate surface area is 230 Å². The predicted octanol–water partition coefficient (Wildman–Crippen LogP) is 5.18. The summed E-state index contributed by atoms with van der Waals surface area (Å²) in [6.07, 6.45) is 5.35. The molecule has 1 aliphatic heterocycles. The standard InChI is InChI=1S/C26H23ClF2N4O5S/c1-37-26(36)18-21(12-2-4-13(5-3-12)24-31-14(11-38-24)10-17(34)35)32-23(25-30-8-9-39-25)33-22(18)15-6-7-16(28)20(29)19(15)27/h6-9,11-13,22H,2-5,10H2,1H3,(H,32,33)(H,34,35)/t12-,13-,22?. The molecule has 204 valence electrons. The van der Waals surface area contributed by atoms with E-state index in [4.69, 9.17) is 25.9 Å². The number of aromatic nitrogens is 2. The van der Waals surface area contributed by atoms with Crippen molar-refractivity contribution in [1.82, 2.24) is 15.3 Å². The Morgan fingerprint density at radius 3 is 2.64 bits per heavy atom. The molecule has 1 saturated carbocycles. The van der Waals surface area contributed by atoms with Crippen LogP contribution in [0.15, 0.2) is 50.7 Å². The number of benzene rings is 1. The Hall–Kier alpha value is -3.64. The van der Waals surface area contributed by atoms with Gasteiger partial charge in [-0.05, 0) is 37.7 Å². The second kappa shape index (κ2) is 11.2. The van der Waals surface area contributed by atoms with E-state index in [1.807, 2.05) is 0 Å². The molecule has 1 fully saturated rings. The van der Waals surface area contributed by atoms with E-state index in [9.17, 15) is 18.4 Å². The van der Waals surface area contributed by atoms with E-state index in [1.54, 1.807) is 11.6 Å². The van der Waals surface area contributed by atoms with Gasteiger partial charge in [-0.25, -0.2) is 23.5 Å². The molecule has 9 nitrogen and oxygen atoms in total. The first kappa shape index (κ1) is 26.9. The lowest BCUT2D eigenvalue weighted by atomic mass is 9.78. The van der Waals surface area contributed by atoms with Gasteiger partial charge in [0.25, 0.3) is 0 Å². The van der Waals surface area contributed by atoms with Crippen molar-refractivity contribution in [3.8, 4) is 0 Å². The minimum absolute atomic E-state index is 0.0156. The number of halogens is 3. The lowest BCUT2D eigenvalue weighted by molar-refractivity contribution is -0.137. The fourth-order valence-electron chi connectivity index (χ4n) is 5.02. The molecule has 39 heavy (non-hydrogen) atoms. The molecule has 2 aromatic heterocycles. The number of rotatable bonds is 7. The molecule has 2 N–H and O–H groups in total. The number of methoxy groups -OCH3 is 1. The molecule has 0 spiro atoms. The van der Waals surface area contributed by atoms with Gasteiger partial charge in [-0.15, -0.1) is 11.3 Å². The van der Waals surface area contributed by atoms with Crippen LogP contribution in [0.2, 0.25) is 5.02 Å². The molecule has 0 saturated heterocycles. The SMILES string of the molecule is COC(=O)C1=C([C@H]2CC[C@H](c3nc(CC(=O)O)co3)CC2)NC(c2nccs2)=NC1c1ccc(F)c(F)c1Cl. The number of carboxylic acids is 1. The highest BCUT2D eigenvalue weighted by molar-refractivity contribution is 7.11. The topological polar surface area (TPSA) is 127 Å². The number of esters is 1. The van der Waals surface area contributed by atoms with Crippen molar-refractivity contribution in [2.45, 2.75) is 44.1 Å². The summed E-state index contributed by atoms with van der Waals surface area (Å²) in [7, 11) is 1.24. The van der Waals surface area contributed by atoms with Gasteiger partial charge in [0, 0.05) is 28.8 Å². The number of hydrogen-bond donors (Lipinski definition) is 2. The second-order valence-electron chi connectivity index (χ2n) is 9.22. The van der Waals surface area contributed by atoms with Crippen LogP contribution in [-0.4, -0.2) is 40.0 Å². The third kappa shape index (κ3) is 5.44. The summed E-state index contributed by atoms with van der Waals surface area (Å²) in [5, 5.41) is 14.1. The average Bonchev–Trinajstić information content (AvgIpc) is 3.63. The maximum atomic E-state index is 14.5. The largest absolute Gasteiger partial charge is 0.481 e. The van der Waals surface area contributed by atoms with Gasteiger partial charge >= 0.3 is 11.9 Å². The summed E-state index contributed by atoms with van der Waals surface area (Å²) in [5.41, 5.74) is 1.21. The van der Waals surface area contributed by atoms with Gasteiger partial charge in [-0.1, -0.05) is 17.7 Å². The van der Waals surface area contributed by atoms with Crippen molar-refractivity contribution in [2.24, 2.45) is 10.9 Å². The van der Waals surface area contributed by atoms with E-state index in [0.717, 1.165) is 6.07 Å². The Bertz CT molecular complexity index is 1460. The van der Waals surface area contributed by atoms with Crippen LogP contribution in [0.1, 0.15) is 59.8 Å². The number of carbonyl (C=O) groups excluding carboxylic acids is 1. The molecular weight excluding hydrogens is 554 g/mol. The molecule has 0 amide bonds. The van der Waals surface area contributed by atoms with E-state index in [1.165, 1.54) is 30.8 Å². The van der Waals surface area contributed by atoms with Gasteiger partial charge in [-0.2, -0.15) is 0 Å². The Morgan fingerprint density at radius 2 is 1.97 bits per heavy atom. The van der Waals surface area contributed by atoms with Crippen molar-refractivity contribution in [3.63, 3.8) is 0 Å².